The Balaban J connectivity index is 2.36. The molecule has 0 radical (unpaired) electrons. The predicted molar refractivity (Wildman–Crippen MR) is 65.9 cm³/mol. The molecule has 0 saturated carbocycles. The molecule has 2 rings (SSSR count). The standard InChI is InChI=1S/C13H18N2O2/c1-4-16-13(17-5-2)11-9-15-8-6-7-10(3)12(15)14-11/h6-9,13H,4-5H2,1-3H3. The second kappa shape index (κ2) is 5.29. The number of aromatic nitrogens is 2. The van der Waals surface area contributed by atoms with Gasteiger partial charge in [-0.2, -0.15) is 0 Å². The molecule has 4 nitrogen and oxygen atoms in total. The van der Waals surface area contributed by atoms with Gasteiger partial charge in [-0.3, -0.25) is 0 Å². The minimum Gasteiger partial charge on any atom is -0.347 e. The number of hydrogen-bond donors (Lipinski definition) is 0. The van der Waals surface area contributed by atoms with Gasteiger partial charge < -0.3 is 13.9 Å². The van der Waals surface area contributed by atoms with E-state index >= 15 is 0 Å². The van der Waals surface area contributed by atoms with Crippen molar-refractivity contribution in [3.05, 3.63) is 35.8 Å². The molecule has 0 atom stereocenters. The summed E-state index contributed by atoms with van der Waals surface area (Å²) in [5.41, 5.74) is 2.92. The molecular formula is C13H18N2O2. The molecule has 0 saturated heterocycles. The number of imidazole rings is 1. The van der Waals surface area contributed by atoms with Gasteiger partial charge in [0.1, 0.15) is 11.3 Å². The van der Waals surface area contributed by atoms with Crippen LogP contribution in [0, 0.1) is 6.92 Å². The summed E-state index contributed by atoms with van der Waals surface area (Å²) in [7, 11) is 0. The first-order valence-corrected chi connectivity index (χ1v) is 5.93. The number of hydrogen-bond acceptors (Lipinski definition) is 3. The lowest BCUT2D eigenvalue weighted by Gasteiger charge is -2.13. The largest absolute Gasteiger partial charge is 0.347 e. The summed E-state index contributed by atoms with van der Waals surface area (Å²) in [6.07, 6.45) is 3.57. The maximum Gasteiger partial charge on any atom is 0.202 e. The van der Waals surface area contributed by atoms with Crippen LogP contribution in [-0.2, 0) is 9.47 Å². The lowest BCUT2D eigenvalue weighted by Crippen LogP contribution is -2.09. The van der Waals surface area contributed by atoms with Crippen LogP contribution in [0.25, 0.3) is 5.65 Å². The Morgan fingerprint density at radius 2 is 2.00 bits per heavy atom. The van der Waals surface area contributed by atoms with Gasteiger partial charge in [-0.25, -0.2) is 4.98 Å². The molecule has 0 spiro atoms. The first kappa shape index (κ1) is 12.1. The number of rotatable bonds is 5. The third-order valence-electron chi connectivity index (χ3n) is 2.57. The summed E-state index contributed by atoms with van der Waals surface area (Å²) in [5.74, 6) is 0. The molecule has 2 heterocycles. The molecule has 92 valence electrons. The maximum absolute atomic E-state index is 5.54. The molecular weight excluding hydrogens is 216 g/mol. The Labute approximate surface area is 101 Å². The number of nitrogens with zero attached hydrogens (tertiary/aromatic N) is 2. The summed E-state index contributed by atoms with van der Waals surface area (Å²) in [6, 6.07) is 4.05. The van der Waals surface area contributed by atoms with Crippen molar-refractivity contribution in [3.8, 4) is 0 Å². The van der Waals surface area contributed by atoms with Gasteiger partial charge in [0.25, 0.3) is 0 Å². The van der Waals surface area contributed by atoms with E-state index in [9.17, 15) is 0 Å². The highest BCUT2D eigenvalue weighted by Crippen LogP contribution is 2.20. The van der Waals surface area contributed by atoms with Gasteiger partial charge in [-0.1, -0.05) is 6.07 Å². The average molecular weight is 234 g/mol. The van der Waals surface area contributed by atoms with Crippen LogP contribution in [0.1, 0.15) is 31.4 Å². The third-order valence-corrected chi connectivity index (χ3v) is 2.57. The van der Waals surface area contributed by atoms with Gasteiger partial charge in [-0.15, -0.1) is 0 Å². The van der Waals surface area contributed by atoms with Crippen LogP contribution in [0.4, 0.5) is 0 Å². The first-order chi connectivity index (χ1) is 8.26. The molecule has 0 aliphatic heterocycles. The van der Waals surface area contributed by atoms with E-state index in [-0.39, 0.29) is 6.29 Å². The zero-order chi connectivity index (χ0) is 12.3. The van der Waals surface area contributed by atoms with Crippen LogP contribution in [0.15, 0.2) is 24.5 Å². The number of aryl methyl sites for hydroxylation is 1. The van der Waals surface area contributed by atoms with Crippen molar-refractivity contribution in [2.24, 2.45) is 0 Å². The molecule has 0 amide bonds. The molecule has 4 heteroatoms. The zero-order valence-corrected chi connectivity index (χ0v) is 10.5. The molecule has 2 aromatic rings. The highest BCUT2D eigenvalue weighted by Gasteiger charge is 2.15. The van der Waals surface area contributed by atoms with E-state index < -0.39 is 0 Å². The maximum atomic E-state index is 5.54. The van der Waals surface area contributed by atoms with Crippen LogP contribution >= 0.6 is 0 Å². The number of fused-ring (bicyclic) bond motifs is 1. The second-order valence-electron chi connectivity index (χ2n) is 3.83. The molecule has 0 aliphatic rings. The Morgan fingerprint density at radius 3 is 2.59 bits per heavy atom. The van der Waals surface area contributed by atoms with Crippen molar-refractivity contribution < 1.29 is 9.47 Å². The lowest BCUT2D eigenvalue weighted by atomic mass is 10.3. The Hall–Kier alpha value is -1.39. The minimum atomic E-state index is -0.371. The fourth-order valence-electron chi connectivity index (χ4n) is 1.81. The first-order valence-electron chi connectivity index (χ1n) is 5.93. The Morgan fingerprint density at radius 1 is 1.29 bits per heavy atom. The summed E-state index contributed by atoms with van der Waals surface area (Å²) >= 11 is 0. The normalized spacial score (nSPS) is 11.5. The molecule has 2 aromatic heterocycles. The van der Waals surface area contributed by atoms with E-state index in [1.54, 1.807) is 0 Å². The number of ether oxygens (including phenoxy) is 2. The van der Waals surface area contributed by atoms with E-state index in [1.807, 2.05) is 49.7 Å². The van der Waals surface area contributed by atoms with Gasteiger partial charge in [0.05, 0.1) is 0 Å². The fraction of sp³-hybridized carbons (Fsp3) is 0.462. The SMILES string of the molecule is CCOC(OCC)c1cn2cccc(C)c2n1. The molecule has 0 unspecified atom stereocenters. The zero-order valence-electron chi connectivity index (χ0n) is 10.5. The average Bonchev–Trinajstić information content (AvgIpc) is 2.74. The molecule has 0 aromatic carbocycles. The Kier molecular flexibility index (Phi) is 3.76. The summed E-state index contributed by atoms with van der Waals surface area (Å²) < 4.78 is 13.1. The van der Waals surface area contributed by atoms with Crippen molar-refractivity contribution in [2.45, 2.75) is 27.1 Å². The van der Waals surface area contributed by atoms with Gasteiger partial charge in [-0.05, 0) is 32.4 Å². The van der Waals surface area contributed by atoms with Gasteiger partial charge in [0.2, 0.25) is 6.29 Å². The summed E-state index contributed by atoms with van der Waals surface area (Å²) in [5, 5.41) is 0. The van der Waals surface area contributed by atoms with Crippen LogP contribution < -0.4 is 0 Å². The smallest absolute Gasteiger partial charge is 0.202 e. The fourth-order valence-corrected chi connectivity index (χ4v) is 1.81. The molecule has 17 heavy (non-hydrogen) atoms. The highest BCUT2D eigenvalue weighted by molar-refractivity contribution is 5.47. The van der Waals surface area contributed by atoms with Crippen LogP contribution in [0.3, 0.4) is 0 Å². The van der Waals surface area contributed by atoms with Crippen molar-refractivity contribution in [1.29, 1.82) is 0 Å². The van der Waals surface area contributed by atoms with Crippen molar-refractivity contribution in [2.75, 3.05) is 13.2 Å². The highest BCUT2D eigenvalue weighted by atomic mass is 16.7. The van der Waals surface area contributed by atoms with Crippen LogP contribution in [0.2, 0.25) is 0 Å². The van der Waals surface area contributed by atoms with Gasteiger partial charge >= 0.3 is 0 Å². The quantitative estimate of drug-likeness (QED) is 0.746. The van der Waals surface area contributed by atoms with Gasteiger partial charge in [0, 0.05) is 25.6 Å². The van der Waals surface area contributed by atoms with Crippen LogP contribution in [0.5, 0.6) is 0 Å². The third kappa shape index (κ3) is 2.48. The van der Waals surface area contributed by atoms with Crippen molar-refractivity contribution >= 4 is 5.65 Å². The predicted octanol–water partition coefficient (Wildman–Crippen LogP) is 2.71. The topological polar surface area (TPSA) is 35.8 Å². The van der Waals surface area contributed by atoms with E-state index in [2.05, 4.69) is 4.98 Å². The summed E-state index contributed by atoms with van der Waals surface area (Å²) in [6.45, 7) is 7.16. The molecule has 0 N–H and O–H groups in total. The molecule has 0 bridgehead atoms. The molecule has 0 fully saturated rings. The van der Waals surface area contributed by atoms with E-state index in [0.29, 0.717) is 13.2 Å². The van der Waals surface area contributed by atoms with E-state index in [0.717, 1.165) is 16.9 Å². The summed E-state index contributed by atoms with van der Waals surface area (Å²) in [4.78, 5) is 4.56. The molecule has 0 aliphatic carbocycles. The van der Waals surface area contributed by atoms with Gasteiger partial charge in [0.15, 0.2) is 0 Å². The minimum absolute atomic E-state index is 0.371. The number of pyridine rings is 1. The van der Waals surface area contributed by atoms with Crippen molar-refractivity contribution in [1.82, 2.24) is 9.38 Å². The van der Waals surface area contributed by atoms with E-state index in [1.165, 1.54) is 0 Å². The van der Waals surface area contributed by atoms with E-state index in [4.69, 9.17) is 9.47 Å². The Bertz CT molecular complexity index is 487. The lowest BCUT2D eigenvalue weighted by molar-refractivity contribution is -0.142. The van der Waals surface area contributed by atoms with Crippen LogP contribution in [-0.4, -0.2) is 22.6 Å². The monoisotopic (exact) mass is 234 g/mol. The second-order valence-corrected chi connectivity index (χ2v) is 3.83. The van der Waals surface area contributed by atoms with Crippen molar-refractivity contribution in [3.63, 3.8) is 0 Å².